The smallest absolute Gasteiger partial charge is 0.434 e. The number of carbonyl (C=O) groups excluding carboxylic acids is 2. The van der Waals surface area contributed by atoms with Crippen LogP contribution in [-0.4, -0.2) is 47.8 Å². The highest BCUT2D eigenvalue weighted by atomic mass is 16.7. The lowest BCUT2D eigenvalue weighted by Gasteiger charge is -2.28. The van der Waals surface area contributed by atoms with Crippen LogP contribution in [0.4, 0.5) is 4.79 Å². The minimum atomic E-state index is -0.568. The summed E-state index contributed by atoms with van der Waals surface area (Å²) in [6.45, 7) is 5.89. The molecule has 2 amide bonds. The molecule has 2 heterocycles. The Kier molecular flexibility index (Phi) is 5.00. The predicted molar refractivity (Wildman–Crippen MR) is 84.5 cm³/mol. The monoisotopic (exact) mass is 319 g/mol. The maximum atomic E-state index is 11.9. The van der Waals surface area contributed by atoms with Gasteiger partial charge >= 0.3 is 6.09 Å². The first-order chi connectivity index (χ1) is 10.8. The van der Waals surface area contributed by atoms with E-state index in [9.17, 15) is 9.59 Å². The van der Waals surface area contributed by atoms with Crippen LogP contribution in [0, 0.1) is 0 Å². The summed E-state index contributed by atoms with van der Waals surface area (Å²) < 4.78 is 5.25. The zero-order chi connectivity index (χ0) is 17.0. The third-order valence-corrected chi connectivity index (χ3v) is 3.06. The van der Waals surface area contributed by atoms with Crippen molar-refractivity contribution in [1.29, 1.82) is 0 Å². The van der Waals surface area contributed by atoms with E-state index in [0.29, 0.717) is 11.3 Å². The molecule has 7 heteroatoms. The Morgan fingerprint density at radius 1 is 1.35 bits per heavy atom. The van der Waals surface area contributed by atoms with Gasteiger partial charge in [-0.15, -0.1) is 0 Å². The van der Waals surface area contributed by atoms with Gasteiger partial charge in [0.15, 0.2) is 0 Å². The molecule has 0 saturated carbocycles. The number of hydrogen-bond donors (Lipinski definition) is 1. The first kappa shape index (κ1) is 17.0. The summed E-state index contributed by atoms with van der Waals surface area (Å²) in [5.74, 6) is -0.186. The third kappa shape index (κ3) is 4.53. The van der Waals surface area contributed by atoms with Crippen molar-refractivity contribution in [1.82, 2.24) is 15.4 Å². The molecule has 1 aromatic heterocycles. The quantitative estimate of drug-likeness (QED) is 0.902. The zero-order valence-corrected chi connectivity index (χ0v) is 13.8. The van der Waals surface area contributed by atoms with Crippen LogP contribution in [0.1, 0.15) is 36.8 Å². The molecule has 1 aliphatic heterocycles. The van der Waals surface area contributed by atoms with E-state index in [0.717, 1.165) is 5.57 Å². The van der Waals surface area contributed by atoms with Crippen molar-refractivity contribution < 1.29 is 19.2 Å². The van der Waals surface area contributed by atoms with Gasteiger partial charge in [-0.3, -0.25) is 14.6 Å². The average molecular weight is 319 g/mol. The Labute approximate surface area is 135 Å². The summed E-state index contributed by atoms with van der Waals surface area (Å²) in [4.78, 5) is 33.1. The standard InChI is InChI=1S/C16H21N3O4/c1-16(2,3)23-15(21)19-8-7-12(10-22-19)13-6-5-11(9-18-13)14(20)17-4/h5-7,9H,8,10H2,1-4H3,(H,17,20). The summed E-state index contributed by atoms with van der Waals surface area (Å²) >= 11 is 0. The first-order valence-corrected chi connectivity index (χ1v) is 7.31. The van der Waals surface area contributed by atoms with Crippen LogP contribution in [0.3, 0.4) is 0 Å². The number of hydrogen-bond acceptors (Lipinski definition) is 5. The van der Waals surface area contributed by atoms with Crippen LogP contribution in [0.25, 0.3) is 5.57 Å². The summed E-state index contributed by atoms with van der Waals surface area (Å²) in [5.41, 5.74) is 1.49. The van der Waals surface area contributed by atoms with E-state index in [1.807, 2.05) is 6.08 Å². The van der Waals surface area contributed by atoms with E-state index < -0.39 is 11.7 Å². The van der Waals surface area contributed by atoms with Crippen molar-refractivity contribution in [2.45, 2.75) is 26.4 Å². The van der Waals surface area contributed by atoms with Crippen LogP contribution in [0.5, 0.6) is 0 Å². The van der Waals surface area contributed by atoms with Gasteiger partial charge in [-0.25, -0.2) is 4.79 Å². The SMILES string of the molecule is CNC(=O)c1ccc(C2=CCN(C(=O)OC(C)(C)C)OC2)nc1. The van der Waals surface area contributed by atoms with E-state index in [1.54, 1.807) is 40.0 Å². The van der Waals surface area contributed by atoms with Crippen molar-refractivity contribution in [2.75, 3.05) is 20.2 Å². The maximum Gasteiger partial charge on any atom is 0.434 e. The Morgan fingerprint density at radius 2 is 2.09 bits per heavy atom. The zero-order valence-electron chi connectivity index (χ0n) is 13.8. The Hall–Kier alpha value is -2.41. The highest BCUT2D eigenvalue weighted by molar-refractivity contribution is 5.93. The molecule has 124 valence electrons. The lowest BCUT2D eigenvalue weighted by atomic mass is 10.1. The minimum absolute atomic E-state index is 0.186. The number of pyridine rings is 1. The molecular weight excluding hydrogens is 298 g/mol. The molecule has 0 aromatic carbocycles. The fraction of sp³-hybridized carbons (Fsp3) is 0.438. The second-order valence-electron chi connectivity index (χ2n) is 6.06. The number of rotatable bonds is 2. The van der Waals surface area contributed by atoms with E-state index in [-0.39, 0.29) is 19.1 Å². The number of ether oxygens (including phenoxy) is 1. The van der Waals surface area contributed by atoms with Crippen molar-refractivity contribution in [3.05, 3.63) is 35.7 Å². The summed E-state index contributed by atoms with van der Waals surface area (Å²) in [7, 11) is 1.57. The number of amides is 2. The summed E-state index contributed by atoms with van der Waals surface area (Å²) in [6, 6.07) is 3.45. The Bertz CT molecular complexity index is 617. The molecule has 1 aliphatic rings. The molecule has 1 aromatic rings. The Balaban J connectivity index is 2.01. The van der Waals surface area contributed by atoms with Gasteiger partial charge in [0.05, 0.1) is 17.8 Å². The molecule has 1 N–H and O–H groups in total. The summed E-state index contributed by atoms with van der Waals surface area (Å²) in [5, 5.41) is 3.72. The van der Waals surface area contributed by atoms with Crippen molar-refractivity contribution in [3.8, 4) is 0 Å². The first-order valence-electron chi connectivity index (χ1n) is 7.31. The molecule has 0 spiro atoms. The largest absolute Gasteiger partial charge is 0.442 e. The number of carbonyl (C=O) groups is 2. The maximum absolute atomic E-state index is 11.9. The topological polar surface area (TPSA) is 80.8 Å². The van der Waals surface area contributed by atoms with Crippen LogP contribution in [0.2, 0.25) is 0 Å². The van der Waals surface area contributed by atoms with Crippen molar-refractivity contribution in [3.63, 3.8) is 0 Å². The number of aromatic nitrogens is 1. The second-order valence-corrected chi connectivity index (χ2v) is 6.06. The average Bonchev–Trinajstić information content (AvgIpc) is 2.53. The second kappa shape index (κ2) is 6.78. The van der Waals surface area contributed by atoms with Gasteiger partial charge in [-0.05, 0) is 32.9 Å². The van der Waals surface area contributed by atoms with Crippen molar-refractivity contribution in [2.24, 2.45) is 0 Å². The third-order valence-electron chi connectivity index (χ3n) is 3.06. The van der Waals surface area contributed by atoms with Gasteiger partial charge in [0.25, 0.3) is 5.91 Å². The molecule has 0 radical (unpaired) electrons. The number of hydroxylamine groups is 2. The lowest BCUT2D eigenvalue weighted by molar-refractivity contribution is -0.133. The minimum Gasteiger partial charge on any atom is -0.442 e. The Morgan fingerprint density at radius 3 is 2.57 bits per heavy atom. The molecule has 0 aliphatic carbocycles. The molecule has 0 fully saturated rings. The molecular formula is C16H21N3O4. The van der Waals surface area contributed by atoms with Gasteiger partial charge in [0.1, 0.15) is 12.2 Å². The van der Waals surface area contributed by atoms with E-state index in [1.165, 1.54) is 11.3 Å². The fourth-order valence-electron chi connectivity index (χ4n) is 1.93. The fourth-order valence-corrected chi connectivity index (χ4v) is 1.93. The van der Waals surface area contributed by atoms with E-state index >= 15 is 0 Å². The van der Waals surface area contributed by atoms with Crippen LogP contribution < -0.4 is 5.32 Å². The molecule has 7 nitrogen and oxygen atoms in total. The van der Waals surface area contributed by atoms with Crippen molar-refractivity contribution >= 4 is 17.6 Å². The van der Waals surface area contributed by atoms with E-state index in [2.05, 4.69) is 10.3 Å². The van der Waals surface area contributed by atoms with Gasteiger partial charge in [0.2, 0.25) is 0 Å². The molecule has 0 atom stereocenters. The van der Waals surface area contributed by atoms with Crippen LogP contribution >= 0.6 is 0 Å². The highest BCUT2D eigenvalue weighted by Crippen LogP contribution is 2.19. The normalized spacial score (nSPS) is 15.0. The molecule has 23 heavy (non-hydrogen) atoms. The van der Waals surface area contributed by atoms with Crippen LogP contribution in [0.15, 0.2) is 24.4 Å². The van der Waals surface area contributed by atoms with Crippen LogP contribution in [-0.2, 0) is 9.57 Å². The molecule has 2 rings (SSSR count). The predicted octanol–water partition coefficient (Wildman–Crippen LogP) is 2.01. The molecule has 0 bridgehead atoms. The van der Waals surface area contributed by atoms with E-state index in [4.69, 9.17) is 9.57 Å². The van der Waals surface area contributed by atoms with Gasteiger partial charge in [-0.1, -0.05) is 6.08 Å². The number of nitrogens with one attached hydrogen (secondary N) is 1. The van der Waals surface area contributed by atoms with Gasteiger partial charge < -0.3 is 10.1 Å². The van der Waals surface area contributed by atoms with Gasteiger partial charge in [-0.2, -0.15) is 5.06 Å². The molecule has 0 saturated heterocycles. The lowest BCUT2D eigenvalue weighted by Crippen LogP contribution is -2.39. The number of nitrogens with zero attached hydrogens (tertiary/aromatic N) is 2. The molecule has 0 unspecified atom stereocenters. The highest BCUT2D eigenvalue weighted by Gasteiger charge is 2.25. The summed E-state index contributed by atoms with van der Waals surface area (Å²) in [6.07, 6.45) is 2.85. The van der Waals surface area contributed by atoms with Gasteiger partial charge in [0, 0.05) is 18.8 Å².